The van der Waals surface area contributed by atoms with Gasteiger partial charge in [0.25, 0.3) is 11.6 Å². The highest BCUT2D eigenvalue weighted by molar-refractivity contribution is 5.93. The molecule has 1 fully saturated rings. The second-order valence-electron chi connectivity index (χ2n) is 7.71. The molecular formula is C23H28N4O5. The highest BCUT2D eigenvalue weighted by atomic mass is 16.6. The van der Waals surface area contributed by atoms with Crippen LogP contribution in [0.3, 0.4) is 0 Å². The smallest absolute Gasteiger partial charge is 0.272 e. The molecule has 170 valence electrons. The van der Waals surface area contributed by atoms with E-state index in [2.05, 4.69) is 5.32 Å². The third kappa shape index (κ3) is 6.04. The second kappa shape index (κ2) is 10.7. The lowest BCUT2D eigenvalue weighted by Gasteiger charge is -2.34. The summed E-state index contributed by atoms with van der Waals surface area (Å²) >= 11 is 0. The third-order valence-electron chi connectivity index (χ3n) is 5.49. The molecule has 0 radical (unpaired) electrons. The van der Waals surface area contributed by atoms with Crippen molar-refractivity contribution in [2.45, 2.75) is 20.3 Å². The summed E-state index contributed by atoms with van der Waals surface area (Å²) in [6.45, 7) is 6.05. The first-order valence-electron chi connectivity index (χ1n) is 10.6. The van der Waals surface area contributed by atoms with E-state index in [4.69, 9.17) is 4.74 Å². The van der Waals surface area contributed by atoms with Gasteiger partial charge in [0.15, 0.2) is 6.61 Å². The number of hydrogen-bond acceptors (Lipinski definition) is 6. The molecule has 9 nitrogen and oxygen atoms in total. The molecule has 9 heteroatoms. The molecule has 2 amide bonds. The van der Waals surface area contributed by atoms with Crippen LogP contribution in [0, 0.1) is 17.0 Å². The van der Waals surface area contributed by atoms with Crippen molar-refractivity contribution in [2.24, 2.45) is 0 Å². The van der Waals surface area contributed by atoms with Crippen LogP contribution in [-0.4, -0.2) is 65.9 Å². The Kier molecular flexibility index (Phi) is 7.77. The number of nitrogens with one attached hydrogen (secondary N) is 1. The van der Waals surface area contributed by atoms with E-state index in [0.29, 0.717) is 37.5 Å². The number of nitro groups is 1. The van der Waals surface area contributed by atoms with Gasteiger partial charge in [-0.2, -0.15) is 0 Å². The van der Waals surface area contributed by atoms with E-state index < -0.39 is 4.92 Å². The molecule has 0 bridgehead atoms. The van der Waals surface area contributed by atoms with Gasteiger partial charge in [-0.15, -0.1) is 0 Å². The summed E-state index contributed by atoms with van der Waals surface area (Å²) in [5.74, 6) is 0.202. The molecule has 0 unspecified atom stereocenters. The molecule has 1 heterocycles. The van der Waals surface area contributed by atoms with Gasteiger partial charge in [0, 0.05) is 43.5 Å². The molecule has 0 aliphatic carbocycles. The van der Waals surface area contributed by atoms with Gasteiger partial charge < -0.3 is 15.0 Å². The maximum atomic E-state index is 12.5. The van der Waals surface area contributed by atoms with Crippen LogP contribution in [0.4, 0.5) is 11.4 Å². The maximum absolute atomic E-state index is 12.5. The molecule has 0 atom stereocenters. The Bertz CT molecular complexity index is 986. The first-order chi connectivity index (χ1) is 15.4. The predicted molar refractivity (Wildman–Crippen MR) is 121 cm³/mol. The summed E-state index contributed by atoms with van der Waals surface area (Å²) in [5.41, 5.74) is 2.43. The minimum absolute atomic E-state index is 0.0158. The summed E-state index contributed by atoms with van der Waals surface area (Å²) in [5, 5.41) is 13.9. The lowest BCUT2D eigenvalue weighted by molar-refractivity contribution is -0.385. The van der Waals surface area contributed by atoms with E-state index in [-0.39, 0.29) is 30.7 Å². The summed E-state index contributed by atoms with van der Waals surface area (Å²) in [4.78, 5) is 39.1. The SMILES string of the molecule is CCc1ccccc1NC(=O)CN1CCN(C(=O)COc2ccc([N+](=O)[O-])c(C)c2)CC1. The van der Waals surface area contributed by atoms with Gasteiger partial charge in [-0.05, 0) is 37.1 Å². The van der Waals surface area contributed by atoms with Crippen LogP contribution in [0.5, 0.6) is 5.75 Å². The van der Waals surface area contributed by atoms with Crippen LogP contribution in [0.2, 0.25) is 0 Å². The van der Waals surface area contributed by atoms with E-state index in [0.717, 1.165) is 17.7 Å². The van der Waals surface area contributed by atoms with Crippen molar-refractivity contribution >= 4 is 23.2 Å². The molecule has 2 aromatic rings. The molecule has 0 saturated carbocycles. The summed E-state index contributed by atoms with van der Waals surface area (Å²) in [7, 11) is 0. The van der Waals surface area contributed by atoms with Crippen LogP contribution in [0.25, 0.3) is 0 Å². The van der Waals surface area contributed by atoms with E-state index in [9.17, 15) is 19.7 Å². The number of hydrogen-bond donors (Lipinski definition) is 1. The van der Waals surface area contributed by atoms with Crippen LogP contribution in [-0.2, 0) is 16.0 Å². The van der Waals surface area contributed by atoms with Crippen LogP contribution in [0.1, 0.15) is 18.1 Å². The highest BCUT2D eigenvalue weighted by Crippen LogP contribution is 2.23. The van der Waals surface area contributed by atoms with Crippen molar-refractivity contribution in [1.82, 2.24) is 9.80 Å². The van der Waals surface area contributed by atoms with Gasteiger partial charge in [-0.25, -0.2) is 0 Å². The molecule has 2 aromatic carbocycles. The van der Waals surface area contributed by atoms with Crippen LogP contribution >= 0.6 is 0 Å². The zero-order chi connectivity index (χ0) is 23.1. The third-order valence-corrected chi connectivity index (χ3v) is 5.49. The van der Waals surface area contributed by atoms with E-state index in [1.165, 1.54) is 12.1 Å². The Balaban J connectivity index is 1.43. The highest BCUT2D eigenvalue weighted by Gasteiger charge is 2.23. The lowest BCUT2D eigenvalue weighted by atomic mass is 10.1. The van der Waals surface area contributed by atoms with Crippen molar-refractivity contribution in [3.8, 4) is 5.75 Å². The second-order valence-corrected chi connectivity index (χ2v) is 7.71. The number of ether oxygens (including phenoxy) is 1. The standard InChI is InChI=1S/C23H28N4O5/c1-3-18-6-4-5-7-20(18)24-22(28)15-25-10-12-26(13-11-25)23(29)16-32-19-8-9-21(27(30)31)17(2)14-19/h4-9,14H,3,10-13,15-16H2,1-2H3,(H,24,28). The normalized spacial score (nSPS) is 14.1. The minimum atomic E-state index is -0.452. The predicted octanol–water partition coefficient (Wildman–Crippen LogP) is 2.63. The fourth-order valence-corrected chi connectivity index (χ4v) is 3.66. The van der Waals surface area contributed by atoms with Gasteiger partial charge in [0.1, 0.15) is 5.75 Å². The molecular weight excluding hydrogens is 412 g/mol. The number of anilines is 1. The summed E-state index contributed by atoms with van der Waals surface area (Å²) in [6, 6.07) is 12.2. The van der Waals surface area contributed by atoms with E-state index in [1.807, 2.05) is 36.1 Å². The quantitative estimate of drug-likeness (QED) is 0.500. The first-order valence-corrected chi connectivity index (χ1v) is 10.6. The summed E-state index contributed by atoms with van der Waals surface area (Å²) < 4.78 is 5.52. The number of carbonyl (C=O) groups excluding carboxylic acids is 2. The monoisotopic (exact) mass is 440 g/mol. The van der Waals surface area contributed by atoms with Crippen LogP contribution < -0.4 is 10.1 Å². The van der Waals surface area contributed by atoms with Gasteiger partial charge in [0.05, 0.1) is 11.5 Å². The number of nitrogens with zero attached hydrogens (tertiary/aromatic N) is 3. The minimum Gasteiger partial charge on any atom is -0.484 e. The molecule has 1 aliphatic heterocycles. The number of rotatable bonds is 8. The number of para-hydroxylation sites is 1. The average molecular weight is 441 g/mol. The Labute approximate surface area is 187 Å². The molecule has 1 aliphatic rings. The Morgan fingerprint density at radius 1 is 1.12 bits per heavy atom. The molecule has 3 rings (SSSR count). The average Bonchev–Trinajstić information content (AvgIpc) is 2.78. The number of piperazine rings is 1. The molecule has 0 spiro atoms. The van der Waals surface area contributed by atoms with E-state index in [1.54, 1.807) is 17.9 Å². The number of aryl methyl sites for hydroxylation is 2. The molecule has 0 aromatic heterocycles. The summed E-state index contributed by atoms with van der Waals surface area (Å²) in [6.07, 6.45) is 0.846. The van der Waals surface area contributed by atoms with Gasteiger partial charge >= 0.3 is 0 Å². The van der Waals surface area contributed by atoms with Crippen molar-refractivity contribution in [3.63, 3.8) is 0 Å². The van der Waals surface area contributed by atoms with Crippen molar-refractivity contribution < 1.29 is 19.2 Å². The first kappa shape index (κ1) is 23.2. The molecule has 1 N–H and O–H groups in total. The lowest BCUT2D eigenvalue weighted by Crippen LogP contribution is -2.51. The Morgan fingerprint density at radius 3 is 2.50 bits per heavy atom. The zero-order valence-electron chi connectivity index (χ0n) is 18.4. The number of amides is 2. The fraction of sp³-hybridized carbons (Fsp3) is 0.391. The molecule has 32 heavy (non-hydrogen) atoms. The number of benzene rings is 2. The number of carbonyl (C=O) groups is 2. The number of nitro benzene ring substituents is 1. The van der Waals surface area contributed by atoms with Crippen molar-refractivity contribution in [2.75, 3.05) is 44.6 Å². The molecule has 1 saturated heterocycles. The topological polar surface area (TPSA) is 105 Å². The van der Waals surface area contributed by atoms with Crippen molar-refractivity contribution in [3.05, 3.63) is 63.7 Å². The van der Waals surface area contributed by atoms with Gasteiger partial charge in [-0.1, -0.05) is 25.1 Å². The maximum Gasteiger partial charge on any atom is 0.272 e. The largest absolute Gasteiger partial charge is 0.484 e. The Morgan fingerprint density at radius 2 is 1.84 bits per heavy atom. The Hall–Kier alpha value is -3.46. The fourth-order valence-electron chi connectivity index (χ4n) is 3.66. The van der Waals surface area contributed by atoms with Crippen molar-refractivity contribution in [1.29, 1.82) is 0 Å². The zero-order valence-corrected chi connectivity index (χ0v) is 18.4. The van der Waals surface area contributed by atoms with Gasteiger partial charge in [0.2, 0.25) is 5.91 Å². The van der Waals surface area contributed by atoms with Gasteiger partial charge in [-0.3, -0.25) is 24.6 Å². The van der Waals surface area contributed by atoms with E-state index >= 15 is 0 Å². The van der Waals surface area contributed by atoms with Crippen LogP contribution in [0.15, 0.2) is 42.5 Å².